The van der Waals surface area contributed by atoms with E-state index in [1.54, 1.807) is 30.3 Å². The Bertz CT molecular complexity index is 1230. The van der Waals surface area contributed by atoms with Crippen LogP contribution in [0, 0.1) is 11.7 Å². The molecular formula is C28H25Cl2FO4. The van der Waals surface area contributed by atoms with Crippen molar-refractivity contribution in [3.05, 3.63) is 111 Å². The molecule has 0 spiro atoms. The molecule has 0 aliphatic carbocycles. The van der Waals surface area contributed by atoms with E-state index in [-0.39, 0.29) is 17.7 Å². The van der Waals surface area contributed by atoms with Crippen molar-refractivity contribution in [1.29, 1.82) is 0 Å². The maximum atomic E-state index is 13.7. The first-order valence-corrected chi connectivity index (χ1v) is 11.9. The summed E-state index contributed by atoms with van der Waals surface area (Å²) in [6, 6.07) is 19.0. The zero-order chi connectivity index (χ0) is 25.1. The summed E-state index contributed by atoms with van der Waals surface area (Å²) in [5, 5.41) is 10.2. The van der Waals surface area contributed by atoms with E-state index >= 15 is 0 Å². The molecule has 3 aromatic rings. The molecule has 0 amide bonds. The predicted octanol–water partition coefficient (Wildman–Crippen LogP) is 7.77. The molecule has 0 radical (unpaired) electrons. The van der Waals surface area contributed by atoms with Crippen molar-refractivity contribution in [1.82, 2.24) is 0 Å². The van der Waals surface area contributed by atoms with Gasteiger partial charge in [0, 0.05) is 27.4 Å². The van der Waals surface area contributed by atoms with E-state index in [1.165, 1.54) is 12.1 Å². The average molecular weight is 515 g/mol. The summed E-state index contributed by atoms with van der Waals surface area (Å²) in [6.45, 7) is 5.65. The van der Waals surface area contributed by atoms with Crippen molar-refractivity contribution >= 4 is 29.2 Å². The lowest BCUT2D eigenvalue weighted by Gasteiger charge is -2.43. The first-order chi connectivity index (χ1) is 16.7. The second kappa shape index (κ2) is 10.8. The highest BCUT2D eigenvalue weighted by Crippen LogP contribution is 2.53. The summed E-state index contributed by atoms with van der Waals surface area (Å²) in [4.78, 5) is 11.2. The number of carboxylic acids is 1. The van der Waals surface area contributed by atoms with Crippen LogP contribution in [-0.4, -0.2) is 17.7 Å². The Labute approximate surface area is 213 Å². The third-order valence-electron chi connectivity index (χ3n) is 6.27. The van der Waals surface area contributed by atoms with Gasteiger partial charge < -0.3 is 14.6 Å². The Balaban J connectivity index is 1.80. The number of hydrogen-bond acceptors (Lipinski definition) is 3. The third-order valence-corrected chi connectivity index (χ3v) is 6.74. The molecule has 4 rings (SSSR count). The minimum atomic E-state index is -1.10. The van der Waals surface area contributed by atoms with Gasteiger partial charge in [-0.3, -0.25) is 0 Å². The quantitative estimate of drug-likeness (QED) is 0.327. The van der Waals surface area contributed by atoms with Crippen LogP contribution in [-0.2, 0) is 9.53 Å². The molecule has 0 unspecified atom stereocenters. The zero-order valence-corrected chi connectivity index (χ0v) is 20.6. The van der Waals surface area contributed by atoms with Crippen LogP contribution in [0.4, 0.5) is 4.39 Å². The molecule has 1 aliphatic rings. The summed E-state index contributed by atoms with van der Waals surface area (Å²) in [5.41, 5.74) is 3.43. The van der Waals surface area contributed by atoms with E-state index in [9.17, 15) is 9.18 Å². The molecule has 4 nitrogen and oxygen atoms in total. The summed E-state index contributed by atoms with van der Waals surface area (Å²) >= 11 is 12.5. The van der Waals surface area contributed by atoms with Crippen LogP contribution < -0.4 is 4.74 Å². The van der Waals surface area contributed by atoms with Crippen LogP contribution in [0.1, 0.15) is 48.2 Å². The smallest absolute Gasteiger partial charge is 0.341 e. The van der Waals surface area contributed by atoms with Gasteiger partial charge in [0.15, 0.2) is 6.61 Å². The second-order valence-electron chi connectivity index (χ2n) is 8.74. The monoisotopic (exact) mass is 514 g/mol. The first kappa shape index (κ1) is 25.2. The largest absolute Gasteiger partial charge is 0.481 e. The van der Waals surface area contributed by atoms with Gasteiger partial charge in [-0.15, -0.1) is 0 Å². The van der Waals surface area contributed by atoms with Crippen LogP contribution in [0.2, 0.25) is 10.0 Å². The van der Waals surface area contributed by atoms with Crippen molar-refractivity contribution in [2.24, 2.45) is 5.92 Å². The molecule has 1 heterocycles. The van der Waals surface area contributed by atoms with Gasteiger partial charge in [0.2, 0.25) is 0 Å². The van der Waals surface area contributed by atoms with Crippen LogP contribution in [0.15, 0.2) is 78.9 Å². The van der Waals surface area contributed by atoms with E-state index in [2.05, 4.69) is 6.58 Å². The van der Waals surface area contributed by atoms with E-state index in [0.29, 0.717) is 27.8 Å². The Morgan fingerprint density at radius 1 is 1.06 bits per heavy atom. The normalized spacial score (nSPS) is 21.9. The molecule has 35 heavy (non-hydrogen) atoms. The topological polar surface area (TPSA) is 55.8 Å². The summed E-state index contributed by atoms with van der Waals surface area (Å²) < 4.78 is 26.1. The van der Waals surface area contributed by atoms with Crippen LogP contribution >= 0.6 is 23.2 Å². The highest BCUT2D eigenvalue weighted by Gasteiger charge is 2.41. The van der Waals surface area contributed by atoms with Gasteiger partial charge in [-0.2, -0.15) is 0 Å². The lowest BCUT2D eigenvalue weighted by molar-refractivity contribution is -0.139. The SMILES string of the molecule is C=C(C)[C@H]1C[C@H](c2cccc(Cl)c2)[C@H](c2ccc(F)cc2)O[C@@H]1c1ccc(Cl)cc1OCC(=O)O. The van der Waals surface area contributed by atoms with Gasteiger partial charge in [0.25, 0.3) is 0 Å². The molecule has 0 aromatic heterocycles. The highest BCUT2D eigenvalue weighted by atomic mass is 35.5. The van der Waals surface area contributed by atoms with Gasteiger partial charge in [0.1, 0.15) is 11.6 Å². The summed E-state index contributed by atoms with van der Waals surface area (Å²) in [7, 11) is 0. The number of benzene rings is 3. The van der Waals surface area contributed by atoms with E-state index < -0.39 is 24.8 Å². The maximum Gasteiger partial charge on any atom is 0.341 e. The van der Waals surface area contributed by atoms with Crippen LogP contribution in [0.25, 0.3) is 0 Å². The lowest BCUT2D eigenvalue weighted by atomic mass is 9.74. The molecule has 1 aliphatic heterocycles. The van der Waals surface area contributed by atoms with Crippen molar-refractivity contribution in [2.45, 2.75) is 31.5 Å². The number of aliphatic carboxylic acids is 1. The highest BCUT2D eigenvalue weighted by molar-refractivity contribution is 6.31. The van der Waals surface area contributed by atoms with Gasteiger partial charge in [-0.05, 0) is 60.9 Å². The second-order valence-corrected chi connectivity index (χ2v) is 9.62. The molecule has 1 saturated heterocycles. The number of carboxylic acid groups (broad SMARTS) is 1. The average Bonchev–Trinajstić information content (AvgIpc) is 2.82. The summed E-state index contributed by atoms with van der Waals surface area (Å²) in [6.07, 6.45) is -0.222. The van der Waals surface area contributed by atoms with E-state index in [1.807, 2.05) is 31.2 Å². The van der Waals surface area contributed by atoms with E-state index in [4.69, 9.17) is 37.8 Å². The Morgan fingerprint density at radius 3 is 2.43 bits per heavy atom. The zero-order valence-electron chi connectivity index (χ0n) is 19.1. The molecule has 3 aromatic carbocycles. The molecule has 182 valence electrons. The fraction of sp³-hybridized carbons (Fsp3) is 0.250. The first-order valence-electron chi connectivity index (χ1n) is 11.2. The molecule has 4 atom stereocenters. The molecule has 0 bridgehead atoms. The predicted molar refractivity (Wildman–Crippen MR) is 135 cm³/mol. The third kappa shape index (κ3) is 5.87. The molecule has 7 heteroatoms. The summed E-state index contributed by atoms with van der Waals surface area (Å²) in [5.74, 6) is -1.27. The number of halogens is 3. The van der Waals surface area contributed by atoms with Gasteiger partial charge in [-0.1, -0.05) is 65.7 Å². The maximum absolute atomic E-state index is 13.7. The van der Waals surface area contributed by atoms with Crippen LogP contribution in [0.3, 0.4) is 0 Å². The molecule has 1 N–H and O–H groups in total. The van der Waals surface area contributed by atoms with Gasteiger partial charge in [0.05, 0.1) is 12.2 Å². The number of carbonyl (C=O) groups is 1. The number of ether oxygens (including phenoxy) is 2. The minimum Gasteiger partial charge on any atom is -0.481 e. The van der Waals surface area contributed by atoms with Crippen molar-refractivity contribution in [2.75, 3.05) is 6.61 Å². The standard InChI is InChI=1S/C28H25Cl2FO4/c1-16(2)23-14-24(18-4-3-5-19(29)12-18)27(17-6-9-21(31)10-7-17)35-28(23)22-11-8-20(30)13-25(22)34-15-26(32)33/h3-13,23-24,27-28H,1,14-15H2,2H3,(H,32,33)/t23-,24-,27+,28-/m1/s1. The van der Waals surface area contributed by atoms with Gasteiger partial charge in [-0.25, -0.2) is 9.18 Å². The Kier molecular flexibility index (Phi) is 7.80. The number of hydrogen-bond donors (Lipinski definition) is 1. The minimum absolute atomic E-state index is 0.0761. The molecule has 0 saturated carbocycles. The lowest BCUT2D eigenvalue weighted by Crippen LogP contribution is -2.32. The van der Waals surface area contributed by atoms with Gasteiger partial charge >= 0.3 is 5.97 Å². The van der Waals surface area contributed by atoms with Crippen LogP contribution in [0.5, 0.6) is 5.75 Å². The fourth-order valence-electron chi connectivity index (χ4n) is 4.64. The molecular weight excluding hydrogens is 490 g/mol. The Hall–Kier alpha value is -2.86. The van der Waals surface area contributed by atoms with Crippen molar-refractivity contribution < 1.29 is 23.8 Å². The number of rotatable bonds is 7. The van der Waals surface area contributed by atoms with E-state index in [0.717, 1.165) is 16.7 Å². The van der Waals surface area contributed by atoms with Crippen molar-refractivity contribution in [3.63, 3.8) is 0 Å². The Morgan fingerprint density at radius 2 is 1.77 bits per heavy atom. The fourth-order valence-corrected chi connectivity index (χ4v) is 5.00. The molecule has 1 fully saturated rings. The van der Waals surface area contributed by atoms with Crippen molar-refractivity contribution in [3.8, 4) is 5.75 Å².